The maximum absolute atomic E-state index is 11.7. The molecule has 0 bridgehead atoms. The molecule has 84 valence electrons. The summed E-state index contributed by atoms with van der Waals surface area (Å²) in [4.78, 5) is 19.8. The van der Waals surface area contributed by atoms with Crippen LogP contribution >= 0.6 is 22.9 Å². The normalized spacial score (nSPS) is 10.7. The molecule has 1 N–H and O–H groups in total. The van der Waals surface area contributed by atoms with Crippen molar-refractivity contribution in [2.75, 3.05) is 0 Å². The Balaban J connectivity index is 2.56. The minimum atomic E-state index is -0.0606. The van der Waals surface area contributed by atoms with Crippen molar-refractivity contribution in [3.8, 4) is 10.7 Å². The van der Waals surface area contributed by atoms with E-state index in [4.69, 9.17) is 11.6 Å². The van der Waals surface area contributed by atoms with Crippen molar-refractivity contribution >= 4 is 22.9 Å². The second kappa shape index (κ2) is 4.39. The lowest BCUT2D eigenvalue weighted by Crippen LogP contribution is -2.16. The van der Waals surface area contributed by atoms with E-state index in [-0.39, 0.29) is 5.56 Å². The Morgan fingerprint density at radius 2 is 2.31 bits per heavy atom. The lowest BCUT2D eigenvalue weighted by Gasteiger charge is -2.03. The number of halogens is 1. The summed E-state index contributed by atoms with van der Waals surface area (Å²) in [5.41, 5.74) is 1.46. The van der Waals surface area contributed by atoms with Gasteiger partial charge in [0.15, 0.2) is 5.82 Å². The highest BCUT2D eigenvalue weighted by Gasteiger charge is 2.09. The van der Waals surface area contributed by atoms with Crippen molar-refractivity contribution in [1.29, 1.82) is 0 Å². The van der Waals surface area contributed by atoms with E-state index in [2.05, 4.69) is 9.97 Å². The lowest BCUT2D eigenvalue weighted by molar-refractivity contribution is 0.970. The van der Waals surface area contributed by atoms with Crippen LogP contribution in [0.5, 0.6) is 0 Å². The van der Waals surface area contributed by atoms with Crippen molar-refractivity contribution in [1.82, 2.24) is 9.97 Å². The van der Waals surface area contributed by atoms with Crippen LogP contribution in [-0.2, 0) is 6.42 Å². The molecule has 0 aliphatic heterocycles. The minimum Gasteiger partial charge on any atom is -0.306 e. The van der Waals surface area contributed by atoms with E-state index < -0.39 is 0 Å². The summed E-state index contributed by atoms with van der Waals surface area (Å²) in [5, 5.41) is 2.49. The van der Waals surface area contributed by atoms with Crippen LogP contribution in [0, 0.1) is 6.92 Å². The molecule has 0 radical (unpaired) electrons. The molecule has 2 heterocycles. The Morgan fingerprint density at radius 3 is 2.81 bits per heavy atom. The number of rotatable bonds is 2. The van der Waals surface area contributed by atoms with Gasteiger partial charge in [0.05, 0.1) is 9.90 Å². The third-order valence-electron chi connectivity index (χ3n) is 2.38. The zero-order valence-corrected chi connectivity index (χ0v) is 10.6. The number of aromatic nitrogens is 2. The smallest absolute Gasteiger partial charge is 0.254 e. The van der Waals surface area contributed by atoms with E-state index in [1.165, 1.54) is 11.3 Å². The van der Waals surface area contributed by atoms with Gasteiger partial charge in [0.25, 0.3) is 5.56 Å². The standard InChI is InChI=1S/C11H11ClN2OS/c1-3-8-6(2)13-10(14-11(8)15)9-4-7(12)5-16-9/h4-5H,3H2,1-2H3,(H,13,14,15). The molecule has 3 nitrogen and oxygen atoms in total. The number of nitrogens with one attached hydrogen (secondary N) is 1. The Bertz CT molecular complexity index is 574. The van der Waals surface area contributed by atoms with Gasteiger partial charge >= 0.3 is 0 Å². The Labute approximate surface area is 102 Å². The molecule has 0 unspecified atom stereocenters. The topological polar surface area (TPSA) is 45.8 Å². The molecule has 2 aromatic rings. The molecule has 0 amide bonds. The van der Waals surface area contributed by atoms with Gasteiger partial charge in [0.2, 0.25) is 0 Å². The molecule has 2 rings (SSSR count). The molecule has 0 atom stereocenters. The average molecular weight is 255 g/mol. The van der Waals surface area contributed by atoms with Gasteiger partial charge in [0, 0.05) is 16.6 Å². The Kier molecular flexibility index (Phi) is 3.12. The van der Waals surface area contributed by atoms with Crippen molar-refractivity contribution in [3.63, 3.8) is 0 Å². The SMILES string of the molecule is CCc1c(C)nc(-c2cc(Cl)cs2)[nH]c1=O. The van der Waals surface area contributed by atoms with Crippen molar-refractivity contribution in [3.05, 3.63) is 38.1 Å². The number of aromatic amines is 1. The van der Waals surface area contributed by atoms with Crippen LogP contribution in [0.15, 0.2) is 16.2 Å². The molecule has 0 aliphatic carbocycles. The van der Waals surface area contributed by atoms with E-state index in [1.807, 2.05) is 19.2 Å². The quantitative estimate of drug-likeness (QED) is 0.895. The van der Waals surface area contributed by atoms with Gasteiger partial charge in [-0.2, -0.15) is 0 Å². The van der Waals surface area contributed by atoms with Crippen LogP contribution in [0.4, 0.5) is 0 Å². The molecule has 5 heteroatoms. The van der Waals surface area contributed by atoms with Gasteiger partial charge in [-0.3, -0.25) is 4.79 Å². The van der Waals surface area contributed by atoms with E-state index in [1.54, 1.807) is 6.07 Å². The molecule has 0 aromatic carbocycles. The van der Waals surface area contributed by atoms with Crippen LogP contribution in [0.2, 0.25) is 5.02 Å². The number of aryl methyl sites for hydroxylation is 1. The summed E-state index contributed by atoms with van der Waals surface area (Å²) in [7, 11) is 0. The highest BCUT2D eigenvalue weighted by atomic mass is 35.5. The first-order chi connectivity index (χ1) is 7.61. The zero-order valence-electron chi connectivity index (χ0n) is 9.00. The third-order valence-corrected chi connectivity index (χ3v) is 3.66. The molecule has 16 heavy (non-hydrogen) atoms. The van der Waals surface area contributed by atoms with E-state index in [0.29, 0.717) is 17.3 Å². The van der Waals surface area contributed by atoms with E-state index >= 15 is 0 Å². The monoisotopic (exact) mass is 254 g/mol. The summed E-state index contributed by atoms with van der Waals surface area (Å²) in [6.07, 6.45) is 0.694. The first-order valence-corrected chi connectivity index (χ1v) is 6.21. The van der Waals surface area contributed by atoms with Crippen LogP contribution < -0.4 is 5.56 Å². The fraction of sp³-hybridized carbons (Fsp3) is 0.273. The van der Waals surface area contributed by atoms with E-state index in [0.717, 1.165) is 16.1 Å². The Hall–Kier alpha value is -1.13. The summed E-state index contributed by atoms with van der Waals surface area (Å²) in [6.45, 7) is 3.80. The molecule has 0 fully saturated rings. The molecule has 0 spiro atoms. The minimum absolute atomic E-state index is 0.0606. The van der Waals surface area contributed by atoms with Gasteiger partial charge in [-0.1, -0.05) is 18.5 Å². The zero-order chi connectivity index (χ0) is 11.7. The summed E-state index contributed by atoms with van der Waals surface area (Å²) < 4.78 is 0. The average Bonchev–Trinajstić information content (AvgIpc) is 2.64. The van der Waals surface area contributed by atoms with Gasteiger partial charge < -0.3 is 4.98 Å². The summed E-state index contributed by atoms with van der Waals surface area (Å²) in [6, 6.07) is 1.80. The summed E-state index contributed by atoms with van der Waals surface area (Å²) >= 11 is 7.31. The molecule has 0 saturated heterocycles. The third kappa shape index (κ3) is 2.03. The van der Waals surface area contributed by atoms with Crippen molar-refractivity contribution in [2.45, 2.75) is 20.3 Å². The highest BCUT2D eigenvalue weighted by Crippen LogP contribution is 2.26. The van der Waals surface area contributed by atoms with Crippen LogP contribution in [0.25, 0.3) is 10.7 Å². The van der Waals surface area contributed by atoms with Gasteiger partial charge in [-0.25, -0.2) is 4.98 Å². The molecular formula is C11H11ClN2OS. The predicted octanol–water partition coefficient (Wildman–Crippen LogP) is 3.02. The fourth-order valence-corrected chi connectivity index (χ4v) is 2.60. The lowest BCUT2D eigenvalue weighted by atomic mass is 10.2. The molecular weight excluding hydrogens is 244 g/mol. The first-order valence-electron chi connectivity index (χ1n) is 4.96. The van der Waals surface area contributed by atoms with Crippen molar-refractivity contribution in [2.24, 2.45) is 0 Å². The number of hydrogen-bond acceptors (Lipinski definition) is 3. The number of thiophene rings is 1. The predicted molar refractivity (Wildman–Crippen MR) is 67.3 cm³/mol. The van der Waals surface area contributed by atoms with Gasteiger partial charge in [0.1, 0.15) is 0 Å². The molecule has 0 aliphatic rings. The fourth-order valence-electron chi connectivity index (χ4n) is 1.58. The second-order valence-corrected chi connectivity index (χ2v) is 4.81. The van der Waals surface area contributed by atoms with Crippen LogP contribution in [-0.4, -0.2) is 9.97 Å². The molecule has 2 aromatic heterocycles. The highest BCUT2D eigenvalue weighted by molar-refractivity contribution is 7.14. The molecule has 0 saturated carbocycles. The number of H-pyrrole nitrogens is 1. The number of hydrogen-bond donors (Lipinski definition) is 1. The van der Waals surface area contributed by atoms with Crippen LogP contribution in [0.3, 0.4) is 0 Å². The number of nitrogens with zero attached hydrogens (tertiary/aromatic N) is 1. The van der Waals surface area contributed by atoms with Gasteiger partial charge in [-0.05, 0) is 19.4 Å². The maximum Gasteiger partial charge on any atom is 0.254 e. The van der Waals surface area contributed by atoms with Gasteiger partial charge in [-0.15, -0.1) is 11.3 Å². The largest absolute Gasteiger partial charge is 0.306 e. The maximum atomic E-state index is 11.7. The Morgan fingerprint density at radius 1 is 1.56 bits per heavy atom. The van der Waals surface area contributed by atoms with E-state index in [9.17, 15) is 4.79 Å². The van der Waals surface area contributed by atoms with Crippen molar-refractivity contribution < 1.29 is 0 Å². The first kappa shape index (κ1) is 11.4. The second-order valence-electron chi connectivity index (χ2n) is 3.46. The summed E-state index contributed by atoms with van der Waals surface area (Å²) in [5.74, 6) is 0.594. The van der Waals surface area contributed by atoms with Crippen LogP contribution in [0.1, 0.15) is 18.2 Å².